The standard InChI is InChI=1S/C14H19N3O2S/c1-4-6-12-13(14(18)19-3)15-16-17(12)9-11-8-7-10(5-2)20-11/h7-8H,4-6,9H2,1-3H3. The molecule has 2 heterocycles. The Hall–Kier alpha value is -1.69. The molecule has 108 valence electrons. The first-order chi connectivity index (χ1) is 9.69. The number of thiophene rings is 1. The lowest BCUT2D eigenvalue weighted by atomic mass is 10.2. The first kappa shape index (κ1) is 14.7. The number of esters is 1. The Kier molecular flexibility index (Phi) is 4.89. The maximum atomic E-state index is 11.7. The first-order valence-corrected chi connectivity index (χ1v) is 7.59. The summed E-state index contributed by atoms with van der Waals surface area (Å²) in [7, 11) is 1.36. The molecule has 0 fully saturated rings. The molecule has 0 aliphatic rings. The highest BCUT2D eigenvalue weighted by Crippen LogP contribution is 2.19. The fourth-order valence-electron chi connectivity index (χ4n) is 2.04. The third-order valence-electron chi connectivity index (χ3n) is 3.07. The lowest BCUT2D eigenvalue weighted by Gasteiger charge is -2.05. The second-order valence-corrected chi connectivity index (χ2v) is 5.76. The number of methoxy groups -OCH3 is 1. The highest BCUT2D eigenvalue weighted by molar-refractivity contribution is 7.11. The summed E-state index contributed by atoms with van der Waals surface area (Å²) in [6.07, 6.45) is 2.74. The Labute approximate surface area is 122 Å². The molecule has 2 aromatic heterocycles. The normalized spacial score (nSPS) is 10.8. The molecule has 2 aromatic rings. The molecule has 0 aliphatic heterocycles. The van der Waals surface area contributed by atoms with Gasteiger partial charge in [0, 0.05) is 9.75 Å². The number of carbonyl (C=O) groups excluding carboxylic acids is 1. The third kappa shape index (κ3) is 3.07. The van der Waals surface area contributed by atoms with E-state index in [1.807, 2.05) is 0 Å². The number of hydrogen-bond acceptors (Lipinski definition) is 5. The zero-order valence-corrected chi connectivity index (χ0v) is 12.9. The molecule has 6 heteroatoms. The van der Waals surface area contributed by atoms with E-state index in [0.717, 1.165) is 25.0 Å². The highest BCUT2D eigenvalue weighted by Gasteiger charge is 2.19. The third-order valence-corrected chi connectivity index (χ3v) is 4.29. The molecule has 0 atom stereocenters. The molecular formula is C14H19N3O2S. The van der Waals surface area contributed by atoms with Gasteiger partial charge in [-0.25, -0.2) is 9.48 Å². The number of nitrogens with zero attached hydrogens (tertiary/aromatic N) is 3. The van der Waals surface area contributed by atoms with Crippen LogP contribution in [0.3, 0.4) is 0 Å². The Balaban J connectivity index is 2.26. The van der Waals surface area contributed by atoms with Crippen LogP contribution in [0.4, 0.5) is 0 Å². The molecule has 0 saturated carbocycles. The number of ether oxygens (including phenoxy) is 1. The summed E-state index contributed by atoms with van der Waals surface area (Å²) in [4.78, 5) is 14.3. The van der Waals surface area contributed by atoms with E-state index in [1.54, 1.807) is 16.0 Å². The SMILES string of the molecule is CCCc1c(C(=O)OC)nnn1Cc1ccc(CC)s1. The number of aromatic nitrogens is 3. The number of rotatable bonds is 6. The molecule has 0 N–H and O–H groups in total. The lowest BCUT2D eigenvalue weighted by Crippen LogP contribution is -2.10. The van der Waals surface area contributed by atoms with Crippen LogP contribution >= 0.6 is 11.3 Å². The molecule has 0 amide bonds. The van der Waals surface area contributed by atoms with Crippen LogP contribution in [0.15, 0.2) is 12.1 Å². The number of hydrogen-bond donors (Lipinski definition) is 0. The van der Waals surface area contributed by atoms with Gasteiger partial charge in [0.05, 0.1) is 19.3 Å². The van der Waals surface area contributed by atoms with Crippen molar-refractivity contribution >= 4 is 17.3 Å². The van der Waals surface area contributed by atoms with Gasteiger partial charge in [0.2, 0.25) is 0 Å². The van der Waals surface area contributed by atoms with Crippen molar-refractivity contribution in [1.29, 1.82) is 0 Å². The monoisotopic (exact) mass is 293 g/mol. The van der Waals surface area contributed by atoms with E-state index in [9.17, 15) is 4.79 Å². The van der Waals surface area contributed by atoms with Gasteiger partial charge in [-0.3, -0.25) is 0 Å². The second kappa shape index (κ2) is 6.65. The molecule has 0 saturated heterocycles. The Morgan fingerprint density at radius 2 is 2.10 bits per heavy atom. The number of aryl methyl sites for hydroxylation is 1. The van der Waals surface area contributed by atoms with Gasteiger partial charge in [0.15, 0.2) is 5.69 Å². The topological polar surface area (TPSA) is 57.0 Å². The number of carbonyl (C=O) groups is 1. The predicted octanol–water partition coefficient (Wildman–Crippen LogP) is 2.69. The van der Waals surface area contributed by atoms with Crippen molar-refractivity contribution in [3.63, 3.8) is 0 Å². The molecule has 20 heavy (non-hydrogen) atoms. The van der Waals surface area contributed by atoms with Crippen LogP contribution in [0.1, 0.15) is 46.2 Å². The Morgan fingerprint density at radius 1 is 1.35 bits per heavy atom. The predicted molar refractivity (Wildman–Crippen MR) is 78.2 cm³/mol. The van der Waals surface area contributed by atoms with E-state index in [1.165, 1.54) is 16.9 Å². The van der Waals surface area contributed by atoms with Gasteiger partial charge in [0.1, 0.15) is 0 Å². The average Bonchev–Trinajstić information content (AvgIpc) is 3.07. The molecule has 0 bridgehead atoms. The van der Waals surface area contributed by atoms with Gasteiger partial charge in [-0.2, -0.15) is 0 Å². The maximum Gasteiger partial charge on any atom is 0.360 e. The summed E-state index contributed by atoms with van der Waals surface area (Å²) >= 11 is 1.77. The van der Waals surface area contributed by atoms with Crippen molar-refractivity contribution in [2.75, 3.05) is 7.11 Å². The first-order valence-electron chi connectivity index (χ1n) is 6.77. The van der Waals surface area contributed by atoms with E-state index in [4.69, 9.17) is 4.74 Å². The maximum absolute atomic E-state index is 11.7. The van der Waals surface area contributed by atoms with Gasteiger partial charge >= 0.3 is 5.97 Å². The van der Waals surface area contributed by atoms with E-state index in [2.05, 4.69) is 36.3 Å². The zero-order valence-electron chi connectivity index (χ0n) is 12.0. The second-order valence-electron chi connectivity index (χ2n) is 4.51. The van der Waals surface area contributed by atoms with Gasteiger partial charge in [-0.15, -0.1) is 16.4 Å². The van der Waals surface area contributed by atoms with E-state index < -0.39 is 5.97 Å². The summed E-state index contributed by atoms with van der Waals surface area (Å²) in [5.41, 5.74) is 1.19. The van der Waals surface area contributed by atoms with Crippen molar-refractivity contribution in [2.24, 2.45) is 0 Å². The van der Waals surface area contributed by atoms with Crippen LogP contribution in [0.2, 0.25) is 0 Å². The Morgan fingerprint density at radius 3 is 2.70 bits per heavy atom. The summed E-state index contributed by atoms with van der Waals surface area (Å²) in [6.45, 7) is 4.87. The van der Waals surface area contributed by atoms with E-state index in [-0.39, 0.29) is 0 Å². The minimum atomic E-state index is -0.417. The molecular weight excluding hydrogens is 274 g/mol. The van der Waals surface area contributed by atoms with Crippen LogP contribution in [0.5, 0.6) is 0 Å². The van der Waals surface area contributed by atoms with Crippen molar-refractivity contribution in [2.45, 2.75) is 39.7 Å². The largest absolute Gasteiger partial charge is 0.464 e. The van der Waals surface area contributed by atoms with Crippen molar-refractivity contribution in [3.05, 3.63) is 33.3 Å². The van der Waals surface area contributed by atoms with Crippen LogP contribution in [-0.4, -0.2) is 28.1 Å². The minimum Gasteiger partial charge on any atom is -0.464 e. The summed E-state index contributed by atoms with van der Waals surface area (Å²) in [5, 5.41) is 8.08. The van der Waals surface area contributed by atoms with E-state index >= 15 is 0 Å². The summed E-state index contributed by atoms with van der Waals surface area (Å²) < 4.78 is 6.56. The van der Waals surface area contributed by atoms with Gasteiger partial charge in [0.25, 0.3) is 0 Å². The van der Waals surface area contributed by atoms with Crippen LogP contribution in [-0.2, 0) is 24.1 Å². The van der Waals surface area contributed by atoms with Crippen molar-refractivity contribution < 1.29 is 9.53 Å². The molecule has 2 rings (SSSR count). The van der Waals surface area contributed by atoms with Crippen molar-refractivity contribution in [1.82, 2.24) is 15.0 Å². The molecule has 0 radical (unpaired) electrons. The minimum absolute atomic E-state index is 0.335. The van der Waals surface area contributed by atoms with Crippen LogP contribution in [0.25, 0.3) is 0 Å². The smallest absolute Gasteiger partial charge is 0.360 e. The molecule has 0 spiro atoms. The van der Waals surface area contributed by atoms with Gasteiger partial charge < -0.3 is 4.74 Å². The molecule has 0 aromatic carbocycles. The fraction of sp³-hybridized carbons (Fsp3) is 0.500. The van der Waals surface area contributed by atoms with Gasteiger partial charge in [-0.1, -0.05) is 25.5 Å². The molecule has 5 nitrogen and oxygen atoms in total. The van der Waals surface area contributed by atoms with Gasteiger partial charge in [-0.05, 0) is 25.0 Å². The fourth-order valence-corrected chi connectivity index (χ4v) is 2.98. The summed E-state index contributed by atoms with van der Waals surface area (Å²) in [6, 6.07) is 4.25. The summed E-state index contributed by atoms with van der Waals surface area (Å²) in [5.74, 6) is -0.417. The Bertz CT molecular complexity index is 589. The van der Waals surface area contributed by atoms with E-state index in [0.29, 0.717) is 12.2 Å². The van der Waals surface area contributed by atoms with Crippen LogP contribution < -0.4 is 0 Å². The molecule has 0 unspecified atom stereocenters. The van der Waals surface area contributed by atoms with Crippen LogP contribution in [0, 0.1) is 0 Å². The zero-order chi connectivity index (χ0) is 14.5. The molecule has 0 aliphatic carbocycles. The quantitative estimate of drug-likeness (QED) is 0.768. The lowest BCUT2D eigenvalue weighted by molar-refractivity contribution is 0.0592. The highest BCUT2D eigenvalue weighted by atomic mass is 32.1. The van der Waals surface area contributed by atoms with Crippen molar-refractivity contribution in [3.8, 4) is 0 Å². The average molecular weight is 293 g/mol.